The van der Waals surface area contributed by atoms with Crippen LogP contribution in [-0.4, -0.2) is 9.55 Å². The van der Waals surface area contributed by atoms with Crippen LogP contribution in [0.5, 0.6) is 0 Å². The van der Waals surface area contributed by atoms with Crippen molar-refractivity contribution < 1.29 is 0 Å². The number of hydrogen-bond acceptors (Lipinski definition) is 1. The van der Waals surface area contributed by atoms with Crippen LogP contribution < -0.4 is 0 Å². The van der Waals surface area contributed by atoms with E-state index in [0.29, 0.717) is 0 Å². The summed E-state index contributed by atoms with van der Waals surface area (Å²) in [6.45, 7) is 0. The molecule has 1 N–H and O–H groups in total. The molecule has 6 aromatic carbocycles. The van der Waals surface area contributed by atoms with Gasteiger partial charge in [-0.2, -0.15) is 0 Å². The standard InChI is InChI=1S/C36H22N2S/c1-3-9-22(10-4-1)23-15-16-33-27(17-23)28-19-30-29-18-26-25-13-7-8-14-31(25)37-32(26)20-35(29)39-36(30)21-34(28)38(33)24-11-5-2-6-12-24/h1-21,37H. The van der Waals surface area contributed by atoms with Crippen LogP contribution in [0.4, 0.5) is 0 Å². The highest BCUT2D eigenvalue weighted by Crippen LogP contribution is 2.43. The summed E-state index contributed by atoms with van der Waals surface area (Å²) < 4.78 is 5.05. The largest absolute Gasteiger partial charge is 0.354 e. The van der Waals surface area contributed by atoms with Gasteiger partial charge in [0, 0.05) is 58.4 Å². The van der Waals surface area contributed by atoms with Crippen LogP contribution in [0, 0.1) is 0 Å². The summed E-state index contributed by atoms with van der Waals surface area (Å²) in [6.07, 6.45) is 0. The van der Waals surface area contributed by atoms with Crippen molar-refractivity contribution in [3.8, 4) is 16.8 Å². The second-order valence-electron chi connectivity index (χ2n) is 10.3. The summed E-state index contributed by atoms with van der Waals surface area (Å²) in [5.74, 6) is 0. The number of hydrogen-bond donors (Lipinski definition) is 1. The first kappa shape index (κ1) is 21.1. The molecule has 0 atom stereocenters. The monoisotopic (exact) mass is 514 g/mol. The molecule has 0 unspecified atom stereocenters. The molecule has 0 saturated heterocycles. The first-order valence-electron chi connectivity index (χ1n) is 13.3. The highest BCUT2D eigenvalue weighted by molar-refractivity contribution is 7.26. The maximum Gasteiger partial charge on any atom is 0.0555 e. The number of nitrogens with zero attached hydrogens (tertiary/aromatic N) is 1. The summed E-state index contributed by atoms with van der Waals surface area (Å²) in [5, 5.41) is 7.79. The van der Waals surface area contributed by atoms with E-state index in [1.165, 1.54) is 80.6 Å². The van der Waals surface area contributed by atoms with Crippen LogP contribution in [0.15, 0.2) is 127 Å². The maximum atomic E-state index is 3.62. The highest BCUT2D eigenvalue weighted by atomic mass is 32.1. The van der Waals surface area contributed by atoms with Crippen molar-refractivity contribution in [2.45, 2.75) is 0 Å². The highest BCUT2D eigenvalue weighted by Gasteiger charge is 2.17. The van der Waals surface area contributed by atoms with Crippen LogP contribution in [-0.2, 0) is 0 Å². The second-order valence-corrected chi connectivity index (χ2v) is 11.4. The molecule has 39 heavy (non-hydrogen) atoms. The van der Waals surface area contributed by atoms with Crippen LogP contribution in [0.3, 0.4) is 0 Å². The Morgan fingerprint density at radius 2 is 1.13 bits per heavy atom. The number of aromatic amines is 1. The Morgan fingerprint density at radius 1 is 0.436 bits per heavy atom. The molecular formula is C36H22N2S. The van der Waals surface area contributed by atoms with Gasteiger partial charge in [0.2, 0.25) is 0 Å². The molecule has 2 nitrogen and oxygen atoms in total. The van der Waals surface area contributed by atoms with Crippen molar-refractivity contribution >= 4 is 75.1 Å². The van der Waals surface area contributed by atoms with Crippen molar-refractivity contribution in [1.82, 2.24) is 9.55 Å². The minimum atomic E-state index is 1.19. The van der Waals surface area contributed by atoms with Crippen LogP contribution in [0.1, 0.15) is 0 Å². The molecule has 0 aliphatic rings. The van der Waals surface area contributed by atoms with Gasteiger partial charge in [0.05, 0.1) is 11.0 Å². The third-order valence-electron chi connectivity index (χ3n) is 8.10. The Bertz CT molecular complexity index is 2370. The summed E-state index contributed by atoms with van der Waals surface area (Å²) in [6, 6.07) is 46.4. The Hall–Kier alpha value is -4.86. The molecule has 9 aromatic rings. The van der Waals surface area contributed by atoms with Gasteiger partial charge in [-0.15, -0.1) is 11.3 Å². The minimum absolute atomic E-state index is 1.19. The fraction of sp³-hybridized carbons (Fsp3) is 0. The summed E-state index contributed by atoms with van der Waals surface area (Å²) in [4.78, 5) is 3.62. The van der Waals surface area contributed by atoms with Gasteiger partial charge < -0.3 is 9.55 Å². The Labute approximate surface area is 228 Å². The Balaban J connectivity index is 1.40. The average Bonchev–Trinajstić information content (AvgIpc) is 3.63. The summed E-state index contributed by atoms with van der Waals surface area (Å²) >= 11 is 1.88. The fourth-order valence-electron chi connectivity index (χ4n) is 6.30. The molecule has 0 amide bonds. The molecule has 0 aliphatic heterocycles. The molecule has 3 aromatic heterocycles. The molecule has 3 heteroatoms. The lowest BCUT2D eigenvalue weighted by Gasteiger charge is -2.08. The predicted molar refractivity (Wildman–Crippen MR) is 168 cm³/mol. The smallest absolute Gasteiger partial charge is 0.0555 e. The molecule has 9 rings (SSSR count). The van der Waals surface area contributed by atoms with E-state index in [-0.39, 0.29) is 0 Å². The van der Waals surface area contributed by atoms with Gasteiger partial charge in [-0.1, -0.05) is 72.8 Å². The number of para-hydroxylation sites is 2. The maximum absolute atomic E-state index is 3.62. The third kappa shape index (κ3) is 3.02. The molecule has 0 aliphatic carbocycles. The predicted octanol–water partition coefficient (Wildman–Crippen LogP) is 10.5. The normalized spacial score (nSPS) is 12.1. The van der Waals surface area contributed by atoms with E-state index in [4.69, 9.17) is 0 Å². The van der Waals surface area contributed by atoms with Gasteiger partial charge in [-0.3, -0.25) is 0 Å². The van der Waals surface area contributed by atoms with Crippen molar-refractivity contribution in [1.29, 1.82) is 0 Å². The SMILES string of the molecule is c1ccc(-c2ccc3c(c2)c2cc4c(cc2n3-c2ccccc2)sc2cc3[nH]c5ccccc5c3cc24)cc1. The quantitative estimate of drug-likeness (QED) is 0.237. The zero-order valence-corrected chi connectivity index (χ0v) is 21.8. The Morgan fingerprint density at radius 3 is 1.97 bits per heavy atom. The number of aromatic nitrogens is 2. The molecule has 0 bridgehead atoms. The van der Waals surface area contributed by atoms with E-state index in [0.717, 1.165) is 0 Å². The van der Waals surface area contributed by atoms with E-state index >= 15 is 0 Å². The summed E-state index contributed by atoms with van der Waals surface area (Å²) in [5.41, 5.74) is 8.54. The molecule has 3 heterocycles. The number of fused-ring (bicyclic) bond motifs is 9. The average molecular weight is 515 g/mol. The Kier molecular flexibility index (Phi) is 4.24. The van der Waals surface area contributed by atoms with Crippen molar-refractivity contribution in [3.05, 3.63) is 127 Å². The molecular weight excluding hydrogens is 492 g/mol. The lowest BCUT2D eigenvalue weighted by Crippen LogP contribution is -1.92. The van der Waals surface area contributed by atoms with Crippen molar-refractivity contribution in [3.63, 3.8) is 0 Å². The van der Waals surface area contributed by atoms with Gasteiger partial charge in [0.1, 0.15) is 0 Å². The zero-order chi connectivity index (χ0) is 25.5. The number of nitrogens with one attached hydrogen (secondary N) is 1. The van der Waals surface area contributed by atoms with E-state index in [1.54, 1.807) is 0 Å². The fourth-order valence-corrected chi connectivity index (χ4v) is 7.44. The van der Waals surface area contributed by atoms with Gasteiger partial charge in [0.15, 0.2) is 0 Å². The molecule has 0 fully saturated rings. The number of rotatable bonds is 2. The van der Waals surface area contributed by atoms with Gasteiger partial charge in [-0.05, 0) is 65.7 Å². The van der Waals surface area contributed by atoms with E-state index in [1.807, 2.05) is 11.3 Å². The first-order valence-corrected chi connectivity index (χ1v) is 14.1. The minimum Gasteiger partial charge on any atom is -0.354 e. The third-order valence-corrected chi connectivity index (χ3v) is 9.22. The second kappa shape index (κ2) is 7.83. The topological polar surface area (TPSA) is 20.7 Å². The van der Waals surface area contributed by atoms with E-state index in [2.05, 4.69) is 137 Å². The van der Waals surface area contributed by atoms with Crippen LogP contribution in [0.25, 0.3) is 80.6 Å². The molecule has 0 spiro atoms. The lowest BCUT2D eigenvalue weighted by atomic mass is 10.0. The summed E-state index contributed by atoms with van der Waals surface area (Å²) in [7, 11) is 0. The van der Waals surface area contributed by atoms with Gasteiger partial charge in [-0.25, -0.2) is 0 Å². The first-order chi connectivity index (χ1) is 19.3. The number of thiophene rings is 1. The van der Waals surface area contributed by atoms with Gasteiger partial charge in [0.25, 0.3) is 0 Å². The van der Waals surface area contributed by atoms with E-state index < -0.39 is 0 Å². The van der Waals surface area contributed by atoms with Crippen molar-refractivity contribution in [2.75, 3.05) is 0 Å². The number of H-pyrrole nitrogens is 1. The van der Waals surface area contributed by atoms with Crippen LogP contribution >= 0.6 is 11.3 Å². The van der Waals surface area contributed by atoms with E-state index in [9.17, 15) is 0 Å². The zero-order valence-electron chi connectivity index (χ0n) is 21.0. The van der Waals surface area contributed by atoms with Crippen molar-refractivity contribution in [2.24, 2.45) is 0 Å². The molecule has 182 valence electrons. The van der Waals surface area contributed by atoms with Crippen LogP contribution in [0.2, 0.25) is 0 Å². The molecule has 0 saturated carbocycles. The lowest BCUT2D eigenvalue weighted by molar-refractivity contribution is 1.18. The molecule has 0 radical (unpaired) electrons. The number of benzene rings is 6. The van der Waals surface area contributed by atoms with Gasteiger partial charge >= 0.3 is 0 Å².